The summed E-state index contributed by atoms with van der Waals surface area (Å²) in [7, 11) is 0. The van der Waals surface area contributed by atoms with Gasteiger partial charge in [-0.15, -0.1) is 0 Å². The van der Waals surface area contributed by atoms with E-state index in [1.54, 1.807) is 19.1 Å². The molecule has 4 rings (SSSR count). The second kappa shape index (κ2) is 8.43. The Morgan fingerprint density at radius 2 is 1.94 bits per heavy atom. The Hall–Kier alpha value is -2.28. The molecule has 186 valence electrons. The van der Waals surface area contributed by atoms with Crippen molar-refractivity contribution in [3.05, 3.63) is 23.8 Å². The second-order valence-corrected chi connectivity index (χ2v) is 11.1. The SMILES string of the molecule is CCC(=O)O[C@]1(C(=O)COC(C)=O)CC[C@H]2[C@@H]3C[C@H](C)C4=CC(=O)C=C[C@@]4(C)[C@H]3[C@@H](O)C[C@@]21C. The van der Waals surface area contributed by atoms with Gasteiger partial charge in [-0.2, -0.15) is 0 Å². The van der Waals surface area contributed by atoms with Crippen molar-refractivity contribution in [2.24, 2.45) is 34.5 Å². The van der Waals surface area contributed by atoms with Gasteiger partial charge in [-0.25, -0.2) is 0 Å². The minimum atomic E-state index is -1.44. The number of fused-ring (bicyclic) bond motifs is 5. The zero-order chi connectivity index (χ0) is 25.1. The van der Waals surface area contributed by atoms with Gasteiger partial charge in [0.1, 0.15) is 0 Å². The van der Waals surface area contributed by atoms with Crippen LogP contribution in [-0.2, 0) is 28.7 Å². The molecule has 0 amide bonds. The van der Waals surface area contributed by atoms with Gasteiger partial charge in [0, 0.05) is 30.1 Å². The fourth-order valence-corrected chi connectivity index (χ4v) is 7.97. The highest BCUT2D eigenvalue weighted by atomic mass is 16.6. The van der Waals surface area contributed by atoms with Crippen LogP contribution in [0.15, 0.2) is 23.8 Å². The maximum absolute atomic E-state index is 13.5. The van der Waals surface area contributed by atoms with Crippen molar-refractivity contribution in [2.45, 2.75) is 78.4 Å². The number of aliphatic hydroxyl groups excluding tert-OH is 1. The van der Waals surface area contributed by atoms with Crippen molar-refractivity contribution in [2.75, 3.05) is 6.61 Å². The van der Waals surface area contributed by atoms with Crippen LogP contribution in [0.2, 0.25) is 0 Å². The molecular formula is C27H36O7. The van der Waals surface area contributed by atoms with Crippen molar-refractivity contribution in [1.82, 2.24) is 0 Å². The van der Waals surface area contributed by atoms with Crippen LogP contribution < -0.4 is 0 Å². The van der Waals surface area contributed by atoms with Crippen molar-refractivity contribution in [3.8, 4) is 0 Å². The summed E-state index contributed by atoms with van der Waals surface area (Å²) in [5.74, 6) is -1.29. The monoisotopic (exact) mass is 472 g/mol. The topological polar surface area (TPSA) is 107 Å². The van der Waals surface area contributed by atoms with Gasteiger partial charge in [0.15, 0.2) is 18.0 Å². The maximum Gasteiger partial charge on any atom is 0.306 e. The lowest BCUT2D eigenvalue weighted by atomic mass is 9.44. The molecule has 0 radical (unpaired) electrons. The predicted molar refractivity (Wildman–Crippen MR) is 123 cm³/mol. The molecule has 3 saturated carbocycles. The molecule has 1 N–H and O–H groups in total. The van der Waals surface area contributed by atoms with E-state index in [1.165, 1.54) is 6.92 Å². The number of Topliss-reactive ketones (excluding diaryl/α,β-unsaturated/α-hetero) is 1. The summed E-state index contributed by atoms with van der Waals surface area (Å²) in [5, 5.41) is 11.6. The molecule has 0 unspecified atom stereocenters. The molecule has 0 aromatic heterocycles. The largest absolute Gasteiger partial charge is 0.458 e. The number of rotatable bonds is 5. The van der Waals surface area contributed by atoms with Crippen LogP contribution in [0.25, 0.3) is 0 Å². The summed E-state index contributed by atoms with van der Waals surface area (Å²) < 4.78 is 11.0. The third-order valence-corrected chi connectivity index (χ3v) is 9.37. The molecule has 0 heterocycles. The molecule has 4 aliphatic rings. The summed E-state index contributed by atoms with van der Waals surface area (Å²) in [6.07, 6.45) is 6.77. The first-order valence-corrected chi connectivity index (χ1v) is 12.4. The van der Waals surface area contributed by atoms with Crippen molar-refractivity contribution < 1.29 is 33.8 Å². The quantitative estimate of drug-likeness (QED) is 0.612. The molecule has 0 aromatic rings. The smallest absolute Gasteiger partial charge is 0.306 e. The zero-order valence-electron chi connectivity index (χ0n) is 20.8. The fraction of sp³-hybridized carbons (Fsp3) is 0.704. The lowest BCUT2D eigenvalue weighted by Crippen LogP contribution is -2.63. The number of esters is 2. The minimum Gasteiger partial charge on any atom is -0.458 e. The third-order valence-electron chi connectivity index (χ3n) is 9.37. The molecule has 3 fully saturated rings. The Labute approximate surface area is 200 Å². The second-order valence-electron chi connectivity index (χ2n) is 11.1. The van der Waals surface area contributed by atoms with Gasteiger partial charge >= 0.3 is 11.9 Å². The molecule has 0 aliphatic heterocycles. The van der Waals surface area contributed by atoms with Crippen LogP contribution >= 0.6 is 0 Å². The molecule has 7 heteroatoms. The first kappa shape index (κ1) is 24.8. The van der Waals surface area contributed by atoms with Crippen molar-refractivity contribution >= 4 is 23.5 Å². The molecule has 4 aliphatic carbocycles. The number of hydrogen-bond acceptors (Lipinski definition) is 7. The van der Waals surface area contributed by atoms with Gasteiger partial charge in [0.2, 0.25) is 5.78 Å². The summed E-state index contributed by atoms with van der Waals surface area (Å²) in [6, 6.07) is 0. The van der Waals surface area contributed by atoms with Crippen LogP contribution in [0.5, 0.6) is 0 Å². The number of aliphatic hydroxyl groups is 1. The Morgan fingerprint density at radius 3 is 2.59 bits per heavy atom. The molecule has 0 saturated heterocycles. The van der Waals surface area contributed by atoms with Gasteiger partial charge in [0.25, 0.3) is 0 Å². The molecule has 7 nitrogen and oxygen atoms in total. The number of carbonyl (C=O) groups excluding carboxylic acids is 4. The standard InChI is InChI=1S/C27H36O7/c1-6-23(32)34-27(22(31)14-33-16(3)28)10-8-19-18-11-15(2)20-12-17(29)7-9-25(20,4)24(18)21(30)13-26(19,27)5/h7,9,12,15,18-19,21,24,30H,6,8,10-11,13-14H2,1-5H3/t15-,18-,19-,21-,24+,25+,26-,27-/m0/s1. The first-order valence-electron chi connectivity index (χ1n) is 12.4. The number of allylic oxidation sites excluding steroid dienone is 4. The van der Waals surface area contributed by atoms with Crippen LogP contribution in [0.3, 0.4) is 0 Å². The lowest BCUT2D eigenvalue weighted by Gasteiger charge is -2.61. The van der Waals surface area contributed by atoms with Crippen LogP contribution in [-0.4, -0.2) is 46.9 Å². The average Bonchev–Trinajstić information content (AvgIpc) is 3.05. The van der Waals surface area contributed by atoms with E-state index in [0.29, 0.717) is 19.3 Å². The van der Waals surface area contributed by atoms with E-state index in [9.17, 15) is 24.3 Å². The highest BCUT2D eigenvalue weighted by molar-refractivity contribution is 6.01. The summed E-state index contributed by atoms with van der Waals surface area (Å²) in [6.45, 7) is 8.65. The van der Waals surface area contributed by atoms with Crippen LogP contribution in [0.1, 0.15) is 66.7 Å². The Kier molecular flexibility index (Phi) is 6.16. The predicted octanol–water partition coefficient (Wildman–Crippen LogP) is 3.34. The summed E-state index contributed by atoms with van der Waals surface area (Å²) in [5.41, 5.74) is -1.60. The fourth-order valence-electron chi connectivity index (χ4n) is 7.97. The van der Waals surface area contributed by atoms with Crippen LogP contribution in [0, 0.1) is 34.5 Å². The Balaban J connectivity index is 1.76. The lowest BCUT2D eigenvalue weighted by molar-refractivity contribution is -0.201. The highest BCUT2D eigenvalue weighted by Gasteiger charge is 2.70. The minimum absolute atomic E-state index is 0.0182. The van der Waals surface area contributed by atoms with E-state index in [2.05, 4.69) is 13.8 Å². The van der Waals surface area contributed by atoms with E-state index >= 15 is 0 Å². The van der Waals surface area contributed by atoms with E-state index in [4.69, 9.17) is 9.47 Å². The maximum atomic E-state index is 13.5. The summed E-state index contributed by atoms with van der Waals surface area (Å²) >= 11 is 0. The first-order chi connectivity index (χ1) is 15.9. The van der Waals surface area contributed by atoms with Gasteiger partial charge < -0.3 is 14.6 Å². The van der Waals surface area contributed by atoms with Gasteiger partial charge in [0.05, 0.1) is 6.10 Å². The number of ether oxygens (including phenoxy) is 2. The van der Waals surface area contributed by atoms with Crippen LogP contribution in [0.4, 0.5) is 0 Å². The Morgan fingerprint density at radius 1 is 1.24 bits per heavy atom. The van der Waals surface area contributed by atoms with Gasteiger partial charge in [-0.3, -0.25) is 19.2 Å². The van der Waals surface area contributed by atoms with Gasteiger partial charge in [-0.1, -0.05) is 39.3 Å². The average molecular weight is 473 g/mol. The highest BCUT2D eigenvalue weighted by Crippen LogP contribution is 2.68. The number of carbonyl (C=O) groups is 4. The molecule has 0 spiro atoms. The summed E-state index contributed by atoms with van der Waals surface area (Å²) in [4.78, 5) is 49.6. The van der Waals surface area contributed by atoms with Crippen molar-refractivity contribution in [3.63, 3.8) is 0 Å². The van der Waals surface area contributed by atoms with E-state index in [-0.39, 0.29) is 35.9 Å². The molecule has 0 aromatic carbocycles. The van der Waals surface area contributed by atoms with E-state index < -0.39 is 46.9 Å². The van der Waals surface area contributed by atoms with Crippen molar-refractivity contribution in [1.29, 1.82) is 0 Å². The third kappa shape index (κ3) is 3.50. The zero-order valence-corrected chi connectivity index (χ0v) is 20.8. The molecule has 0 bridgehead atoms. The normalized spacial score (nSPS) is 42.7. The Bertz CT molecular complexity index is 979. The van der Waals surface area contributed by atoms with Gasteiger partial charge in [-0.05, 0) is 55.6 Å². The number of hydrogen-bond donors (Lipinski definition) is 1. The van der Waals surface area contributed by atoms with E-state index in [0.717, 1.165) is 12.0 Å². The molecular weight excluding hydrogens is 436 g/mol. The number of ketones is 2. The molecule has 8 atom stereocenters. The molecule has 34 heavy (non-hydrogen) atoms. The van der Waals surface area contributed by atoms with E-state index in [1.807, 2.05) is 13.0 Å².